The number of amides is 1. The summed E-state index contributed by atoms with van der Waals surface area (Å²) < 4.78 is 13.0. The molecule has 1 aliphatic carbocycles. The van der Waals surface area contributed by atoms with Gasteiger partial charge in [-0.2, -0.15) is 0 Å². The van der Waals surface area contributed by atoms with Crippen molar-refractivity contribution in [3.8, 4) is 0 Å². The fraction of sp³-hybridized carbons (Fsp3) is 0.458. The normalized spacial score (nSPS) is 20.7. The summed E-state index contributed by atoms with van der Waals surface area (Å²) in [6.07, 6.45) is 5.91. The van der Waals surface area contributed by atoms with Crippen molar-refractivity contribution in [3.63, 3.8) is 0 Å². The van der Waals surface area contributed by atoms with Crippen LogP contribution in [0.3, 0.4) is 0 Å². The predicted molar refractivity (Wildman–Crippen MR) is 112 cm³/mol. The molecule has 0 spiro atoms. The highest BCUT2D eigenvalue weighted by Gasteiger charge is 2.29. The number of hydrogen-bond donors (Lipinski definition) is 1. The third-order valence-corrected chi connectivity index (χ3v) is 5.98. The molecule has 2 aromatic carbocycles. The van der Waals surface area contributed by atoms with Gasteiger partial charge in [-0.3, -0.25) is 4.79 Å². The van der Waals surface area contributed by atoms with Gasteiger partial charge < -0.3 is 10.2 Å². The van der Waals surface area contributed by atoms with Gasteiger partial charge >= 0.3 is 0 Å². The molecule has 2 aromatic rings. The average Bonchev–Trinajstić information content (AvgIpc) is 2.70. The smallest absolute Gasteiger partial charge is 0.251 e. The maximum absolute atomic E-state index is 13.0. The second kappa shape index (κ2) is 9.83. The number of halogens is 1. The Morgan fingerprint density at radius 1 is 1.04 bits per heavy atom. The van der Waals surface area contributed by atoms with Crippen LogP contribution in [-0.4, -0.2) is 31.4 Å². The number of nitrogens with zero attached hydrogens (tertiary/aromatic N) is 1. The molecule has 0 heterocycles. The van der Waals surface area contributed by atoms with Crippen LogP contribution in [0.25, 0.3) is 0 Å². The van der Waals surface area contributed by atoms with Crippen molar-refractivity contribution in [2.45, 2.75) is 38.1 Å². The molecular weight excluding hydrogens is 351 g/mol. The van der Waals surface area contributed by atoms with E-state index in [1.54, 1.807) is 0 Å². The molecule has 28 heavy (non-hydrogen) atoms. The summed E-state index contributed by atoms with van der Waals surface area (Å²) in [5.41, 5.74) is 1.92. The molecule has 1 aliphatic rings. The van der Waals surface area contributed by atoms with Crippen molar-refractivity contribution in [1.82, 2.24) is 10.2 Å². The minimum absolute atomic E-state index is 0.120. The van der Waals surface area contributed by atoms with Crippen LogP contribution in [0.4, 0.5) is 4.39 Å². The molecule has 1 unspecified atom stereocenters. The minimum atomic E-state index is -0.320. The lowest BCUT2D eigenvalue weighted by Crippen LogP contribution is -2.31. The molecule has 3 rings (SSSR count). The second-order valence-corrected chi connectivity index (χ2v) is 8.15. The van der Waals surface area contributed by atoms with Crippen molar-refractivity contribution < 1.29 is 9.18 Å². The Kier molecular flexibility index (Phi) is 7.21. The van der Waals surface area contributed by atoms with Crippen LogP contribution >= 0.6 is 0 Å². The topological polar surface area (TPSA) is 32.3 Å². The largest absolute Gasteiger partial charge is 0.352 e. The molecule has 3 nitrogen and oxygen atoms in total. The Labute approximate surface area is 167 Å². The van der Waals surface area contributed by atoms with Crippen LogP contribution in [0, 0.1) is 17.7 Å². The molecule has 1 saturated carbocycles. The molecule has 0 radical (unpaired) electrons. The van der Waals surface area contributed by atoms with Gasteiger partial charge in [0, 0.05) is 18.2 Å². The Bertz CT molecular complexity index is 737. The summed E-state index contributed by atoms with van der Waals surface area (Å²) in [5, 5.41) is 2.97. The van der Waals surface area contributed by atoms with E-state index in [2.05, 4.69) is 54.6 Å². The standard InChI is InChI=1S/C24H31FN2O/c1-27(2)23(19-6-4-3-5-7-19)20-10-8-18(9-11-20)16-17-26-24(28)21-12-14-22(25)15-13-21/h3-7,12-15,18,20,23H,8-11,16-17H2,1-2H3,(H,26,28). The summed E-state index contributed by atoms with van der Waals surface area (Å²) in [6, 6.07) is 17.0. The van der Waals surface area contributed by atoms with E-state index in [9.17, 15) is 9.18 Å². The Morgan fingerprint density at radius 3 is 2.29 bits per heavy atom. The third-order valence-electron chi connectivity index (χ3n) is 5.98. The first-order chi connectivity index (χ1) is 13.5. The molecule has 0 aromatic heterocycles. The third kappa shape index (κ3) is 5.41. The fourth-order valence-corrected chi connectivity index (χ4v) is 4.53. The van der Waals surface area contributed by atoms with E-state index in [4.69, 9.17) is 0 Å². The maximum Gasteiger partial charge on any atom is 0.251 e. The van der Waals surface area contributed by atoms with E-state index in [0.717, 1.165) is 6.42 Å². The lowest BCUT2D eigenvalue weighted by molar-refractivity contribution is 0.0947. The quantitative estimate of drug-likeness (QED) is 0.726. The first kappa shape index (κ1) is 20.5. The van der Waals surface area contributed by atoms with Crippen LogP contribution < -0.4 is 5.32 Å². The number of benzene rings is 2. The Balaban J connectivity index is 1.45. The van der Waals surface area contributed by atoms with Crippen LogP contribution in [0.15, 0.2) is 54.6 Å². The van der Waals surface area contributed by atoms with E-state index in [0.29, 0.717) is 30.0 Å². The van der Waals surface area contributed by atoms with Gasteiger partial charge in [-0.15, -0.1) is 0 Å². The minimum Gasteiger partial charge on any atom is -0.352 e. The van der Waals surface area contributed by atoms with E-state index < -0.39 is 0 Å². The zero-order valence-electron chi connectivity index (χ0n) is 16.9. The number of carbonyl (C=O) groups is 1. The van der Waals surface area contributed by atoms with E-state index in [1.807, 2.05) is 0 Å². The van der Waals surface area contributed by atoms with E-state index >= 15 is 0 Å². The molecule has 1 N–H and O–H groups in total. The number of rotatable bonds is 7. The fourth-order valence-electron chi connectivity index (χ4n) is 4.53. The van der Waals surface area contributed by atoms with E-state index in [-0.39, 0.29) is 11.7 Å². The molecule has 1 fully saturated rings. The number of hydrogen-bond acceptors (Lipinski definition) is 2. The monoisotopic (exact) mass is 382 g/mol. The van der Waals surface area contributed by atoms with Gasteiger partial charge in [-0.25, -0.2) is 4.39 Å². The van der Waals surface area contributed by atoms with E-state index in [1.165, 1.54) is 55.5 Å². The van der Waals surface area contributed by atoms with Gasteiger partial charge in [-0.05, 0) is 75.0 Å². The molecule has 150 valence electrons. The number of nitrogens with one attached hydrogen (secondary N) is 1. The van der Waals surface area contributed by atoms with Crippen LogP contribution in [-0.2, 0) is 0 Å². The van der Waals surface area contributed by atoms with Gasteiger partial charge in [0.25, 0.3) is 5.91 Å². The lowest BCUT2D eigenvalue weighted by atomic mass is 9.75. The lowest BCUT2D eigenvalue weighted by Gasteiger charge is -2.37. The molecule has 4 heteroatoms. The van der Waals surface area contributed by atoms with Gasteiger partial charge in [0.1, 0.15) is 5.82 Å². The molecule has 0 aliphatic heterocycles. The highest BCUT2D eigenvalue weighted by atomic mass is 19.1. The first-order valence-electron chi connectivity index (χ1n) is 10.3. The summed E-state index contributed by atoms with van der Waals surface area (Å²) in [7, 11) is 4.35. The van der Waals surface area contributed by atoms with Gasteiger partial charge in [-0.1, -0.05) is 43.2 Å². The molecule has 1 atom stereocenters. The van der Waals surface area contributed by atoms with Gasteiger partial charge in [0.2, 0.25) is 0 Å². The van der Waals surface area contributed by atoms with Crippen molar-refractivity contribution in [2.24, 2.45) is 11.8 Å². The zero-order chi connectivity index (χ0) is 19.9. The predicted octanol–water partition coefficient (Wildman–Crippen LogP) is 5.05. The van der Waals surface area contributed by atoms with Crippen molar-refractivity contribution in [2.75, 3.05) is 20.6 Å². The maximum atomic E-state index is 13.0. The molecule has 1 amide bonds. The molecule has 0 saturated heterocycles. The number of carbonyl (C=O) groups excluding carboxylic acids is 1. The summed E-state index contributed by atoms with van der Waals surface area (Å²) >= 11 is 0. The summed E-state index contributed by atoms with van der Waals surface area (Å²) in [4.78, 5) is 14.5. The van der Waals surface area contributed by atoms with Crippen molar-refractivity contribution in [1.29, 1.82) is 0 Å². The Morgan fingerprint density at radius 2 is 1.68 bits per heavy atom. The van der Waals surface area contributed by atoms with Crippen LogP contribution in [0.5, 0.6) is 0 Å². The average molecular weight is 383 g/mol. The van der Waals surface area contributed by atoms with Crippen LogP contribution in [0.1, 0.15) is 54.1 Å². The second-order valence-electron chi connectivity index (χ2n) is 8.15. The van der Waals surface area contributed by atoms with Gasteiger partial charge in [0.05, 0.1) is 0 Å². The summed E-state index contributed by atoms with van der Waals surface area (Å²) in [6.45, 7) is 0.682. The highest BCUT2D eigenvalue weighted by Crippen LogP contribution is 2.40. The summed E-state index contributed by atoms with van der Waals surface area (Å²) in [5.74, 6) is 0.913. The van der Waals surface area contributed by atoms with Gasteiger partial charge in [0.15, 0.2) is 0 Å². The Hall–Kier alpha value is -2.20. The highest BCUT2D eigenvalue weighted by molar-refractivity contribution is 5.94. The first-order valence-corrected chi connectivity index (χ1v) is 10.3. The SMILES string of the molecule is CN(C)C(c1ccccc1)C1CCC(CCNC(=O)c2ccc(F)cc2)CC1. The van der Waals surface area contributed by atoms with Crippen LogP contribution in [0.2, 0.25) is 0 Å². The molecule has 0 bridgehead atoms. The molecular formula is C24H31FN2O. The van der Waals surface area contributed by atoms with Crippen molar-refractivity contribution >= 4 is 5.91 Å². The zero-order valence-corrected chi connectivity index (χ0v) is 16.9. The van der Waals surface area contributed by atoms with Crippen molar-refractivity contribution in [3.05, 3.63) is 71.5 Å².